The molecule has 0 saturated heterocycles. The number of nitrogens with zero attached hydrogens (tertiary/aromatic N) is 2. The lowest BCUT2D eigenvalue weighted by Crippen LogP contribution is -2.28. The van der Waals surface area contributed by atoms with E-state index >= 15 is 0 Å². The second kappa shape index (κ2) is 6.67. The summed E-state index contributed by atoms with van der Waals surface area (Å²) in [6.45, 7) is 5.33. The first kappa shape index (κ1) is 16.4. The maximum Gasteiger partial charge on any atom is 0.226 e. The lowest BCUT2D eigenvalue weighted by atomic mass is 10.1. The van der Waals surface area contributed by atoms with Crippen LogP contribution in [0.5, 0.6) is 0 Å². The van der Waals surface area contributed by atoms with Crippen molar-refractivity contribution in [2.75, 3.05) is 6.54 Å². The summed E-state index contributed by atoms with van der Waals surface area (Å²) in [6, 6.07) is 14.4. The van der Waals surface area contributed by atoms with Crippen molar-refractivity contribution in [3.8, 4) is 0 Å². The molecule has 0 saturated carbocycles. The monoisotopic (exact) mass is 347 g/mol. The van der Waals surface area contributed by atoms with Gasteiger partial charge in [-0.1, -0.05) is 29.4 Å². The maximum atomic E-state index is 12.3. The number of carbonyl (C=O) groups is 1. The first-order chi connectivity index (χ1) is 12.6. The van der Waals surface area contributed by atoms with E-state index in [0.29, 0.717) is 12.2 Å². The van der Waals surface area contributed by atoms with Crippen LogP contribution in [0.2, 0.25) is 0 Å². The lowest BCUT2D eigenvalue weighted by molar-refractivity contribution is -0.120. The van der Waals surface area contributed by atoms with Gasteiger partial charge in [0.15, 0.2) is 5.58 Å². The predicted molar refractivity (Wildman–Crippen MR) is 102 cm³/mol. The first-order valence-electron chi connectivity index (χ1n) is 8.78. The molecule has 132 valence electrons. The molecule has 0 unspecified atom stereocenters. The summed E-state index contributed by atoms with van der Waals surface area (Å²) < 4.78 is 7.56. The van der Waals surface area contributed by atoms with E-state index in [0.717, 1.165) is 28.6 Å². The minimum atomic E-state index is -0.0455. The van der Waals surface area contributed by atoms with Gasteiger partial charge < -0.3 is 14.4 Å². The number of fused-ring (bicyclic) bond motifs is 2. The summed E-state index contributed by atoms with van der Waals surface area (Å²) in [4.78, 5) is 12.3. The van der Waals surface area contributed by atoms with Crippen LogP contribution < -0.4 is 5.32 Å². The Kier molecular flexibility index (Phi) is 4.21. The Balaban J connectivity index is 1.40. The summed E-state index contributed by atoms with van der Waals surface area (Å²) in [5.74, 6) is -0.0455. The first-order valence-corrected chi connectivity index (χ1v) is 8.78. The molecule has 2 aromatic heterocycles. The molecule has 0 aliphatic rings. The van der Waals surface area contributed by atoms with Gasteiger partial charge in [0.2, 0.25) is 5.91 Å². The van der Waals surface area contributed by atoms with Gasteiger partial charge in [-0.25, -0.2) is 0 Å². The average molecular weight is 347 g/mol. The van der Waals surface area contributed by atoms with Crippen molar-refractivity contribution < 1.29 is 9.32 Å². The van der Waals surface area contributed by atoms with E-state index < -0.39 is 0 Å². The van der Waals surface area contributed by atoms with Crippen LogP contribution in [-0.2, 0) is 17.8 Å². The number of rotatable bonds is 5. The molecule has 0 fully saturated rings. The smallest absolute Gasteiger partial charge is 0.226 e. The van der Waals surface area contributed by atoms with Gasteiger partial charge in [-0.15, -0.1) is 0 Å². The highest BCUT2D eigenvalue weighted by atomic mass is 16.5. The Hall–Kier alpha value is -3.08. The molecule has 2 aromatic carbocycles. The molecule has 4 aromatic rings. The van der Waals surface area contributed by atoms with Crippen LogP contribution in [0, 0.1) is 13.8 Å². The second-order valence-electron chi connectivity index (χ2n) is 6.68. The van der Waals surface area contributed by atoms with Crippen LogP contribution in [0.4, 0.5) is 0 Å². The zero-order valence-corrected chi connectivity index (χ0v) is 15.0. The normalized spacial score (nSPS) is 11.3. The third-order valence-electron chi connectivity index (χ3n) is 4.66. The minimum absolute atomic E-state index is 0.0455. The van der Waals surface area contributed by atoms with Crippen LogP contribution in [-0.4, -0.2) is 22.2 Å². The number of hydrogen-bond acceptors (Lipinski definition) is 3. The van der Waals surface area contributed by atoms with E-state index in [1.54, 1.807) is 0 Å². The van der Waals surface area contributed by atoms with Gasteiger partial charge in [-0.2, -0.15) is 0 Å². The standard InChI is InChI=1S/C21H21N3O2/c1-14-11-15(2)21-17(12-14)18(23-26-21)13-20(25)22-8-10-24-9-7-16-5-3-4-6-19(16)24/h3-7,9,11-12H,8,10,13H2,1-2H3,(H,22,25). The van der Waals surface area contributed by atoms with Crippen molar-refractivity contribution in [3.05, 3.63) is 65.5 Å². The van der Waals surface area contributed by atoms with Crippen LogP contribution in [0.1, 0.15) is 16.8 Å². The van der Waals surface area contributed by atoms with Gasteiger partial charge in [0.1, 0.15) is 5.69 Å². The molecule has 0 aliphatic carbocycles. The largest absolute Gasteiger partial charge is 0.356 e. The number of nitrogens with one attached hydrogen (secondary N) is 1. The van der Waals surface area contributed by atoms with Crippen molar-refractivity contribution >= 4 is 27.8 Å². The summed E-state index contributed by atoms with van der Waals surface area (Å²) in [6.07, 6.45) is 2.27. The van der Waals surface area contributed by atoms with E-state index in [4.69, 9.17) is 4.52 Å². The third-order valence-corrected chi connectivity index (χ3v) is 4.66. The summed E-state index contributed by atoms with van der Waals surface area (Å²) in [7, 11) is 0. The molecular weight excluding hydrogens is 326 g/mol. The van der Waals surface area contributed by atoms with Gasteiger partial charge in [0, 0.05) is 30.2 Å². The highest BCUT2D eigenvalue weighted by Gasteiger charge is 2.14. The molecule has 2 heterocycles. The topological polar surface area (TPSA) is 60.1 Å². The van der Waals surface area contributed by atoms with E-state index in [1.165, 1.54) is 10.9 Å². The number of amides is 1. The van der Waals surface area contributed by atoms with E-state index in [9.17, 15) is 4.79 Å². The number of aryl methyl sites for hydroxylation is 2. The molecule has 0 bridgehead atoms. The van der Waals surface area contributed by atoms with Crippen molar-refractivity contribution in [2.45, 2.75) is 26.8 Å². The van der Waals surface area contributed by atoms with Crippen molar-refractivity contribution in [1.29, 1.82) is 0 Å². The molecule has 5 nitrogen and oxygen atoms in total. The van der Waals surface area contributed by atoms with Crippen molar-refractivity contribution in [3.63, 3.8) is 0 Å². The lowest BCUT2D eigenvalue weighted by Gasteiger charge is -2.07. The number of para-hydroxylation sites is 1. The molecule has 5 heteroatoms. The SMILES string of the molecule is Cc1cc(C)c2onc(CC(=O)NCCn3ccc4ccccc43)c2c1. The van der Waals surface area contributed by atoms with Crippen molar-refractivity contribution in [2.24, 2.45) is 0 Å². The zero-order valence-electron chi connectivity index (χ0n) is 15.0. The zero-order chi connectivity index (χ0) is 18.1. The fourth-order valence-corrected chi connectivity index (χ4v) is 3.43. The molecular formula is C21H21N3O2. The molecule has 0 spiro atoms. The number of aromatic nitrogens is 2. The summed E-state index contributed by atoms with van der Waals surface area (Å²) in [5, 5.41) is 9.20. The fraction of sp³-hybridized carbons (Fsp3) is 0.238. The van der Waals surface area contributed by atoms with Gasteiger partial charge in [0.05, 0.1) is 6.42 Å². The van der Waals surface area contributed by atoms with Gasteiger partial charge >= 0.3 is 0 Å². The molecule has 0 atom stereocenters. The van der Waals surface area contributed by atoms with Crippen LogP contribution in [0.3, 0.4) is 0 Å². The predicted octanol–water partition coefficient (Wildman–Crippen LogP) is 3.76. The fourth-order valence-electron chi connectivity index (χ4n) is 3.43. The van der Waals surface area contributed by atoms with Gasteiger partial charge in [0.25, 0.3) is 0 Å². The minimum Gasteiger partial charge on any atom is -0.356 e. The third kappa shape index (κ3) is 3.08. The quantitative estimate of drug-likeness (QED) is 0.598. The second-order valence-corrected chi connectivity index (χ2v) is 6.68. The Morgan fingerprint density at radius 1 is 1.19 bits per heavy atom. The van der Waals surface area contributed by atoms with Crippen molar-refractivity contribution in [1.82, 2.24) is 15.0 Å². The molecule has 1 N–H and O–H groups in total. The molecule has 26 heavy (non-hydrogen) atoms. The highest BCUT2D eigenvalue weighted by Crippen LogP contribution is 2.24. The number of hydrogen-bond donors (Lipinski definition) is 1. The van der Waals surface area contributed by atoms with Crippen LogP contribution in [0.25, 0.3) is 21.9 Å². The van der Waals surface area contributed by atoms with Gasteiger partial charge in [-0.3, -0.25) is 4.79 Å². The highest BCUT2D eigenvalue weighted by molar-refractivity contribution is 5.88. The van der Waals surface area contributed by atoms with E-state index in [2.05, 4.69) is 39.3 Å². The number of carbonyl (C=O) groups excluding carboxylic acids is 1. The Labute approximate surface area is 151 Å². The molecule has 0 aliphatic heterocycles. The van der Waals surface area contributed by atoms with Crippen LogP contribution >= 0.6 is 0 Å². The van der Waals surface area contributed by atoms with Crippen LogP contribution in [0.15, 0.2) is 53.2 Å². The summed E-state index contributed by atoms with van der Waals surface area (Å²) in [5.41, 5.74) is 4.81. The average Bonchev–Trinajstić information content (AvgIpc) is 3.20. The Morgan fingerprint density at radius 2 is 2.04 bits per heavy atom. The van der Waals surface area contributed by atoms with Gasteiger partial charge in [-0.05, 0) is 48.6 Å². The van der Waals surface area contributed by atoms with E-state index in [1.807, 2.05) is 38.2 Å². The Bertz CT molecular complexity index is 1090. The molecule has 0 radical (unpaired) electrons. The maximum absolute atomic E-state index is 12.3. The molecule has 4 rings (SSSR count). The number of benzene rings is 2. The van der Waals surface area contributed by atoms with E-state index in [-0.39, 0.29) is 12.3 Å². The Morgan fingerprint density at radius 3 is 2.92 bits per heavy atom. The summed E-state index contributed by atoms with van der Waals surface area (Å²) >= 11 is 0. The molecule has 1 amide bonds.